The van der Waals surface area contributed by atoms with E-state index in [2.05, 4.69) is 16.0 Å². The van der Waals surface area contributed by atoms with Crippen LogP contribution in [0.15, 0.2) is 0 Å². The van der Waals surface area contributed by atoms with E-state index in [9.17, 15) is 41.9 Å². The third-order valence-corrected chi connectivity index (χ3v) is 24.8. The first-order valence-electron chi connectivity index (χ1n) is 38.5. The summed E-state index contributed by atoms with van der Waals surface area (Å²) < 4.78 is 48.4. The maximum Gasteiger partial charge on any atom is 0.393 e. The number of alkyl halides is 4. The molecule has 1 spiro atoms. The van der Waals surface area contributed by atoms with Gasteiger partial charge in [-0.3, -0.25) is 57.5 Å². The predicted octanol–water partition coefficient (Wildman–Crippen LogP) is 6.01. The van der Waals surface area contributed by atoms with Gasteiger partial charge in [-0.15, -0.1) is 11.6 Å². The van der Waals surface area contributed by atoms with Crippen molar-refractivity contribution in [2.24, 2.45) is 29.6 Å². The smallest absolute Gasteiger partial charge is 0.376 e. The number of hydrogen-bond acceptors (Lipinski definition) is 13. The molecule has 8 fully saturated rings. The lowest BCUT2D eigenvalue weighted by molar-refractivity contribution is -0.182. The van der Waals surface area contributed by atoms with Crippen LogP contribution >= 0.6 is 11.6 Å². The van der Waals surface area contributed by atoms with Gasteiger partial charge < -0.3 is 64.8 Å². The molecule has 3 unspecified atom stereocenters. The fourth-order valence-electron chi connectivity index (χ4n) is 17.1. The molecule has 5 aliphatic carbocycles. The second-order valence-electron chi connectivity index (χ2n) is 31.5. The predicted molar refractivity (Wildman–Crippen MR) is 379 cm³/mol. The highest BCUT2D eigenvalue weighted by Crippen LogP contribution is 2.44. The zero-order chi connectivity index (χ0) is 75.2. The van der Waals surface area contributed by atoms with Crippen LogP contribution in [-0.2, 0) is 62.3 Å². The number of fused-ring (bicyclic) bond motifs is 1. The molecule has 3 aliphatic heterocycles. The molecule has 580 valence electrons. The summed E-state index contributed by atoms with van der Waals surface area (Å²) in [6, 6.07) is -8.78. The van der Waals surface area contributed by atoms with Gasteiger partial charge in [0.25, 0.3) is 0 Å². The SMILES string of the molecule is CC[C@H](C)[C@@H]1NC(=O)[C@H](COC2CCC2)N(C)C(=O)C[C@@H](C(=O)N2CCCCC2)N(C)C(=O)[C@H](C2CCCCC2)N(C)C(=O)C2(CCCC2)NC(=O)[C@@H]2CCCN2C(=O)[C@H](CCC2CCC(C(F)(F)F)C(Cl)C2)NC(=O)CN(C)C(=O)[C@H](CC2CCCCC2)N(C)C(=O)CN(C)C(=O)CN(C)C1=O. The Kier molecular flexibility index (Phi) is 29.8. The maximum absolute atomic E-state index is 15.9. The van der Waals surface area contributed by atoms with Crippen LogP contribution in [0.3, 0.4) is 0 Å². The second-order valence-corrected chi connectivity index (χ2v) is 32.1. The van der Waals surface area contributed by atoms with E-state index in [0.29, 0.717) is 64.5 Å². The Morgan fingerprint density at radius 2 is 1.19 bits per heavy atom. The number of likely N-dealkylation sites (tertiary alicyclic amines) is 1. The summed E-state index contributed by atoms with van der Waals surface area (Å²) in [7, 11) is 10.0. The highest BCUT2D eigenvalue weighted by atomic mass is 35.5. The summed E-state index contributed by atoms with van der Waals surface area (Å²) in [5, 5.41) is 7.63. The molecule has 12 amide bonds. The lowest BCUT2D eigenvalue weighted by Crippen LogP contribution is -2.65. The summed E-state index contributed by atoms with van der Waals surface area (Å²) in [5.41, 5.74) is -1.56. The van der Waals surface area contributed by atoms with Gasteiger partial charge in [0.1, 0.15) is 47.8 Å². The quantitative estimate of drug-likeness (QED) is 0.189. The van der Waals surface area contributed by atoms with Crippen molar-refractivity contribution in [2.45, 2.75) is 272 Å². The lowest BCUT2D eigenvalue weighted by Gasteiger charge is -2.43. The van der Waals surface area contributed by atoms with Gasteiger partial charge in [0, 0.05) is 74.3 Å². The molecule has 0 bridgehead atoms. The summed E-state index contributed by atoms with van der Waals surface area (Å²) in [5.74, 6) is -10.6. The molecule has 25 nitrogen and oxygen atoms in total. The highest BCUT2D eigenvalue weighted by molar-refractivity contribution is 6.21. The molecule has 0 aromatic carbocycles. The van der Waals surface area contributed by atoms with Gasteiger partial charge in [0.2, 0.25) is 70.9 Å². The first-order valence-corrected chi connectivity index (χ1v) is 38.9. The van der Waals surface area contributed by atoms with Crippen LogP contribution in [0, 0.1) is 29.6 Å². The van der Waals surface area contributed by atoms with E-state index in [0.717, 1.165) is 91.7 Å². The van der Waals surface area contributed by atoms with E-state index in [1.807, 2.05) is 6.92 Å². The molecule has 8 aliphatic rings. The van der Waals surface area contributed by atoms with Crippen molar-refractivity contribution in [2.75, 3.05) is 95.2 Å². The molecule has 3 heterocycles. The molecule has 0 aromatic rings. The number of rotatable bonds is 12. The minimum atomic E-state index is -4.51. The van der Waals surface area contributed by atoms with E-state index < -0.39 is 174 Å². The van der Waals surface area contributed by atoms with Crippen LogP contribution in [-0.4, -0.2) is 276 Å². The van der Waals surface area contributed by atoms with E-state index in [1.54, 1.807) is 11.8 Å². The van der Waals surface area contributed by atoms with Gasteiger partial charge >= 0.3 is 6.18 Å². The Bertz CT molecular complexity index is 2990. The van der Waals surface area contributed by atoms with E-state index in [4.69, 9.17) is 16.3 Å². The van der Waals surface area contributed by atoms with Crippen molar-refractivity contribution in [3.63, 3.8) is 0 Å². The number of carbonyl (C=O) groups is 12. The highest BCUT2D eigenvalue weighted by Gasteiger charge is 2.52. The van der Waals surface area contributed by atoms with Crippen LogP contribution in [0.5, 0.6) is 0 Å². The number of halogens is 4. The fourth-order valence-corrected chi connectivity index (χ4v) is 17.6. The molecule has 3 saturated heterocycles. The van der Waals surface area contributed by atoms with Crippen molar-refractivity contribution in [3.05, 3.63) is 0 Å². The van der Waals surface area contributed by atoms with Crippen LogP contribution in [0.4, 0.5) is 13.2 Å². The van der Waals surface area contributed by atoms with Crippen molar-refractivity contribution < 1.29 is 75.4 Å². The van der Waals surface area contributed by atoms with Gasteiger partial charge in [-0.2, -0.15) is 13.2 Å². The monoisotopic (exact) mass is 1470 g/mol. The summed E-state index contributed by atoms with van der Waals surface area (Å²) in [4.78, 5) is 192. The number of piperidine rings is 1. The second kappa shape index (κ2) is 37.3. The topological polar surface area (TPSA) is 279 Å². The minimum absolute atomic E-state index is 0.00104. The number of carbonyl (C=O) groups excluding carboxylic acids is 12. The number of nitrogens with zero attached hydrogens (tertiary/aromatic N) is 9. The average molecular weight is 1480 g/mol. The van der Waals surface area contributed by atoms with Gasteiger partial charge in [-0.25, -0.2) is 0 Å². The molecule has 8 rings (SSSR count). The van der Waals surface area contributed by atoms with Crippen molar-refractivity contribution in [3.8, 4) is 0 Å². The van der Waals surface area contributed by atoms with Crippen molar-refractivity contribution >= 4 is 82.5 Å². The molecule has 3 N–H and O–H groups in total. The van der Waals surface area contributed by atoms with Crippen LogP contribution in [0.25, 0.3) is 0 Å². The number of nitrogens with one attached hydrogen (secondary N) is 3. The Balaban J connectivity index is 1.16. The first-order chi connectivity index (χ1) is 48.8. The lowest BCUT2D eigenvalue weighted by atomic mass is 9.78. The van der Waals surface area contributed by atoms with Crippen molar-refractivity contribution in [1.82, 2.24) is 60.0 Å². The van der Waals surface area contributed by atoms with Gasteiger partial charge in [0.15, 0.2) is 0 Å². The standard InChI is InChI=1S/C74H118ClF3N12O13/c1-10-47(2)63-70(100)84(5)44-61(93)82(3)45-62(94)85(6)56(41-48-24-14-11-15-25-48)68(98)83(4)43-59(91)79-54(34-32-49-31-33-52(53(75)40-49)74(76,77)78)67(97)90-39-23-30-55(90)66(96)81-73(35-18-19-36-73)72(102)88(9)64(50-26-16-12-17-27-50)71(101)87(8)57(69(99)89-37-20-13-21-38-89)42-60(92)86(7)58(65(95)80-63)46-103-51-28-22-29-51/h47-58,63-64H,10-46H2,1-9H3,(H,79,91)(H,80,95)(H,81,96)/t47-,49?,52?,53?,54-,55-,56-,57-,58-,63-,64-/m0/s1. The summed E-state index contributed by atoms with van der Waals surface area (Å²) in [6.45, 7) is 2.49. The zero-order valence-electron chi connectivity index (χ0n) is 62.6. The minimum Gasteiger partial charge on any atom is -0.376 e. The van der Waals surface area contributed by atoms with Gasteiger partial charge in [-0.1, -0.05) is 84.5 Å². The number of hydrogen-bond donors (Lipinski definition) is 3. The first kappa shape index (κ1) is 82.3. The number of amides is 12. The van der Waals surface area contributed by atoms with E-state index >= 15 is 28.8 Å². The molecule has 103 heavy (non-hydrogen) atoms. The third-order valence-electron chi connectivity index (χ3n) is 24.3. The van der Waals surface area contributed by atoms with Crippen LogP contribution < -0.4 is 16.0 Å². The molecule has 29 heteroatoms. The van der Waals surface area contributed by atoms with Gasteiger partial charge in [-0.05, 0) is 139 Å². The Morgan fingerprint density at radius 3 is 1.81 bits per heavy atom. The third kappa shape index (κ3) is 20.9. The Labute approximate surface area is 612 Å². The average Bonchev–Trinajstić information content (AvgIpc) is 1.76. The van der Waals surface area contributed by atoms with E-state index in [1.165, 1.54) is 73.8 Å². The summed E-state index contributed by atoms with van der Waals surface area (Å²) >= 11 is 6.42. The molecular formula is C74H118ClF3N12O13. The molecule has 0 radical (unpaired) electrons. The number of ether oxygens (including phenoxy) is 1. The van der Waals surface area contributed by atoms with Crippen molar-refractivity contribution in [1.29, 1.82) is 0 Å². The molecule has 5 saturated carbocycles. The Hall–Kier alpha value is -6.32. The van der Waals surface area contributed by atoms with Crippen LogP contribution in [0.1, 0.15) is 206 Å². The largest absolute Gasteiger partial charge is 0.393 e. The zero-order valence-corrected chi connectivity index (χ0v) is 63.3. The maximum atomic E-state index is 15.9. The fraction of sp³-hybridized carbons (Fsp3) is 0.838. The molecule has 0 aromatic heterocycles. The Morgan fingerprint density at radius 1 is 0.583 bits per heavy atom. The van der Waals surface area contributed by atoms with E-state index in [-0.39, 0.29) is 88.9 Å². The van der Waals surface area contributed by atoms with Gasteiger partial charge in [0.05, 0.1) is 44.7 Å². The number of likely N-dealkylation sites (N-methyl/N-ethyl adjacent to an activating group) is 7. The van der Waals surface area contributed by atoms with Crippen LogP contribution in [0.2, 0.25) is 0 Å². The molecular weight excluding hydrogens is 1360 g/mol. The summed E-state index contributed by atoms with van der Waals surface area (Å²) in [6.07, 6.45) is 9.81. The molecule has 11 atom stereocenters. The normalized spacial score (nSPS) is 30.4.